The molecule has 5 N–H and O–H groups in total. The van der Waals surface area contributed by atoms with Crippen molar-refractivity contribution in [2.24, 2.45) is 15.1 Å². The van der Waals surface area contributed by atoms with Crippen molar-refractivity contribution in [3.05, 3.63) is 205 Å². The minimum absolute atomic E-state index is 0. The fourth-order valence-corrected chi connectivity index (χ4v) is 13.4. The monoisotopic (exact) mass is 1390 g/mol. The van der Waals surface area contributed by atoms with Gasteiger partial charge in [0.15, 0.2) is 34.5 Å². The van der Waals surface area contributed by atoms with Crippen molar-refractivity contribution in [1.29, 1.82) is 0 Å². The smallest absolute Gasteiger partial charge is 0.493 e. The van der Waals surface area contributed by atoms with Crippen LogP contribution in [0, 0.1) is 0 Å². The van der Waals surface area contributed by atoms with Gasteiger partial charge in [-0.2, -0.15) is 0 Å². The Morgan fingerprint density at radius 2 is 1.21 bits per heavy atom. The molecule has 5 aliphatic heterocycles. The van der Waals surface area contributed by atoms with Crippen LogP contribution in [0.2, 0.25) is 0 Å². The van der Waals surface area contributed by atoms with E-state index in [0.29, 0.717) is 89.0 Å². The van der Waals surface area contributed by atoms with Crippen LogP contribution in [0.4, 0.5) is 11.4 Å². The molecule has 0 spiro atoms. The molecule has 7 aromatic carbocycles. The third-order valence-corrected chi connectivity index (χ3v) is 18.3. The average molecular weight is 1390 g/mol. The van der Waals surface area contributed by atoms with Crippen LogP contribution in [0.25, 0.3) is 10.4 Å². The lowest BCUT2D eigenvalue weighted by molar-refractivity contribution is -0.916. The molecule has 0 radical (unpaired) electrons. The molecule has 0 aromatic heterocycles. The Bertz CT molecular complexity index is 4250. The van der Waals surface area contributed by atoms with Crippen molar-refractivity contribution < 1.29 is 89.2 Å². The zero-order valence-corrected chi connectivity index (χ0v) is 55.4. The summed E-state index contributed by atoms with van der Waals surface area (Å²) >= 11 is 0. The van der Waals surface area contributed by atoms with Gasteiger partial charge in [0.2, 0.25) is 6.29 Å². The number of benzene rings is 7. The number of hydrogen-bond acceptors (Lipinski definition) is 21. The topological polar surface area (TPSA) is 341 Å². The molecule has 524 valence electrons. The predicted octanol–water partition coefficient (Wildman–Crippen LogP) is 7.78. The molecular formula is C72H78N9O18S+. The fourth-order valence-electron chi connectivity index (χ4n) is 12.7. The summed E-state index contributed by atoms with van der Waals surface area (Å²) in [7, 11) is 2.06. The standard InChI is InChI=1S/C71H73N9O18S.CH4/c1-80(2,37-42-13-16-53(17-14-42)97-99(88,89)98-63-28-48(68(85)73-19-21-92-22-20-76-77-72)15-18-58(63)95-71-67(84)66(83)65(82)64(39-81)96-71)38-43-23-44(40-93-61-31-56-54(29-59(61)90-3)69(86)78-35-49-11-7-5-9-46(49)26-51(78)33-74-56)25-45(24-43)41-94-62-32-57-55(30-60(62)91-4)70(87)79-36-50-12-8-6-10-47(50)27-52(79)34-75-57;/h5-18,23-25,28-34,51-52,64-67,71,81-84H,19-22,26-27,35-41H2,1-4H3;1H4/p+1/t51?,52?,64-,65+,66+,67-,71?;/m1./s1. The molecule has 3 amide bonds. The number of fused-ring (bicyclic) bond motifs is 6. The molecule has 0 saturated carbocycles. The maximum atomic E-state index is 14.3. The van der Waals surface area contributed by atoms with Crippen molar-refractivity contribution >= 4 is 51.9 Å². The van der Waals surface area contributed by atoms with E-state index < -0.39 is 65.1 Å². The van der Waals surface area contributed by atoms with Gasteiger partial charge in [-0.25, -0.2) is 0 Å². The van der Waals surface area contributed by atoms with Crippen molar-refractivity contribution in [3.63, 3.8) is 0 Å². The van der Waals surface area contributed by atoms with Crippen LogP contribution >= 0.6 is 0 Å². The van der Waals surface area contributed by atoms with Crippen LogP contribution in [0.15, 0.2) is 149 Å². The van der Waals surface area contributed by atoms with E-state index >= 15 is 0 Å². The molecule has 1 fully saturated rings. The number of nitrogens with zero attached hydrogens (tertiary/aromatic N) is 8. The second-order valence-electron chi connectivity index (χ2n) is 25.0. The second kappa shape index (κ2) is 31.0. The van der Waals surface area contributed by atoms with Gasteiger partial charge in [0, 0.05) is 72.3 Å². The van der Waals surface area contributed by atoms with Crippen molar-refractivity contribution in [1.82, 2.24) is 15.1 Å². The average Bonchev–Trinajstić information content (AvgIpc) is 1.54. The van der Waals surface area contributed by atoms with E-state index in [-0.39, 0.29) is 82.2 Å². The van der Waals surface area contributed by atoms with Crippen LogP contribution in [0.5, 0.6) is 40.2 Å². The molecule has 12 rings (SSSR count). The highest BCUT2D eigenvalue weighted by atomic mass is 32.3. The molecule has 27 nitrogen and oxygen atoms in total. The minimum atomic E-state index is -5.04. The molecule has 5 heterocycles. The van der Waals surface area contributed by atoms with Gasteiger partial charge in [0.1, 0.15) is 56.5 Å². The van der Waals surface area contributed by atoms with Gasteiger partial charge < -0.3 is 81.5 Å². The Kier molecular flexibility index (Phi) is 22.0. The zero-order chi connectivity index (χ0) is 69.5. The van der Waals surface area contributed by atoms with E-state index in [1.54, 1.807) is 36.4 Å². The summed E-state index contributed by atoms with van der Waals surface area (Å²) < 4.78 is 80.3. The lowest BCUT2D eigenvalue weighted by atomic mass is 9.94. The maximum absolute atomic E-state index is 14.3. The molecule has 5 aliphatic rings. The Morgan fingerprint density at radius 3 is 1.76 bits per heavy atom. The molecule has 28 heteroatoms. The fraction of sp³-hybridized carbons (Fsp3) is 0.347. The van der Waals surface area contributed by atoms with Crippen LogP contribution in [-0.2, 0) is 72.1 Å². The highest BCUT2D eigenvalue weighted by Crippen LogP contribution is 2.42. The molecule has 7 atom stereocenters. The third-order valence-electron chi connectivity index (χ3n) is 17.6. The molecule has 100 heavy (non-hydrogen) atoms. The van der Waals surface area contributed by atoms with Gasteiger partial charge in [-0.05, 0) is 125 Å². The van der Waals surface area contributed by atoms with Crippen LogP contribution in [-0.4, -0.2) is 177 Å². The van der Waals surface area contributed by atoms with Gasteiger partial charge in [0.25, 0.3) is 17.7 Å². The number of carbonyl (C=O) groups excluding carboxylic acids is 3. The zero-order valence-electron chi connectivity index (χ0n) is 54.6. The molecular weight excluding hydrogens is 1310 g/mol. The molecule has 0 bridgehead atoms. The molecule has 0 aliphatic carbocycles. The number of aliphatic hydroxyl groups excluding tert-OH is 4. The number of amides is 3. The lowest BCUT2D eigenvalue weighted by Crippen LogP contribution is -2.60. The molecule has 7 aromatic rings. The van der Waals surface area contributed by atoms with E-state index in [0.717, 1.165) is 45.5 Å². The number of azide groups is 1. The number of aliphatic imine (C=N–C) groups is 2. The van der Waals surface area contributed by atoms with Crippen molar-refractivity contribution in [3.8, 4) is 40.2 Å². The number of nitrogens with one attached hydrogen (secondary N) is 1. The van der Waals surface area contributed by atoms with E-state index in [1.165, 1.54) is 43.5 Å². The SMILES string of the molecule is C.COc1cc2c(cc1OCc1cc(COc3cc4c(cc3OC)C(=O)N3Cc5ccccc5CC3C=N4)cc(C[N+](C)(C)Cc3ccc(OS(=O)(=O)Oc4cc(C(=O)NCCOCCN=[N+]=[N-])ccc4OC4O[C@H](CO)[C@H](O)[C@H](O)[C@H]4O)cc3)c1)N=CC1Cc3ccccc3CN1C2=O. The Morgan fingerprint density at radius 1 is 0.660 bits per heavy atom. The number of ether oxygens (including phenoxy) is 7. The summed E-state index contributed by atoms with van der Waals surface area (Å²) in [5, 5.41) is 47.3. The Hall–Kier alpha value is -10.1. The predicted molar refractivity (Wildman–Crippen MR) is 366 cm³/mol. The number of rotatable bonds is 26. The number of aliphatic hydroxyl groups is 4. The first-order chi connectivity index (χ1) is 47.8. The minimum Gasteiger partial charge on any atom is -0.493 e. The van der Waals surface area contributed by atoms with E-state index in [9.17, 15) is 43.2 Å². The molecule has 1 saturated heterocycles. The van der Waals surface area contributed by atoms with Crippen LogP contribution in [0.3, 0.4) is 0 Å². The van der Waals surface area contributed by atoms with E-state index in [1.807, 2.05) is 90.9 Å². The van der Waals surface area contributed by atoms with E-state index in [2.05, 4.69) is 27.5 Å². The number of hydrogen-bond donors (Lipinski definition) is 5. The summed E-state index contributed by atoms with van der Waals surface area (Å²) in [6, 6.07) is 38.3. The van der Waals surface area contributed by atoms with Gasteiger partial charge in [-0.15, -0.1) is 8.42 Å². The summed E-state index contributed by atoms with van der Waals surface area (Å²) in [4.78, 5) is 57.8. The first-order valence-corrected chi connectivity index (χ1v) is 33.3. The summed E-state index contributed by atoms with van der Waals surface area (Å²) in [6.45, 7) is 1.38. The highest BCUT2D eigenvalue weighted by molar-refractivity contribution is 7.82. The van der Waals surface area contributed by atoms with E-state index in [4.69, 9.17) is 57.0 Å². The van der Waals surface area contributed by atoms with Gasteiger partial charge in [-0.3, -0.25) is 24.4 Å². The highest BCUT2D eigenvalue weighted by Gasteiger charge is 2.45. The summed E-state index contributed by atoms with van der Waals surface area (Å²) in [5.41, 5.74) is 17.8. The first-order valence-electron chi connectivity index (χ1n) is 31.9. The quantitative estimate of drug-likeness (QED) is 0.0114. The van der Waals surface area contributed by atoms with Crippen molar-refractivity contribution in [2.75, 3.05) is 61.2 Å². The number of carbonyl (C=O) groups is 3. The summed E-state index contributed by atoms with van der Waals surface area (Å²) in [6.07, 6.45) is -3.66. The van der Waals surface area contributed by atoms with Gasteiger partial charge >= 0.3 is 10.4 Å². The van der Waals surface area contributed by atoms with Gasteiger partial charge in [-0.1, -0.05) is 61.1 Å². The number of methoxy groups -OCH3 is 2. The lowest BCUT2D eigenvalue weighted by Gasteiger charge is -2.39. The largest absolute Gasteiger partial charge is 0.501 e. The number of quaternary nitrogens is 1. The van der Waals surface area contributed by atoms with Crippen LogP contribution < -0.4 is 37.4 Å². The normalized spacial score (nSPS) is 19.7. The Balaban J connectivity index is 0.0000101. The first kappa shape index (κ1) is 71.2. The van der Waals surface area contributed by atoms with Gasteiger partial charge in [0.05, 0.1) is 82.7 Å². The third kappa shape index (κ3) is 16.3. The van der Waals surface area contributed by atoms with Crippen molar-refractivity contribution in [2.45, 2.75) is 102 Å². The van der Waals surface area contributed by atoms with Crippen LogP contribution in [0.1, 0.15) is 83.0 Å². The summed E-state index contributed by atoms with van der Waals surface area (Å²) in [5.74, 6) is -0.700. The maximum Gasteiger partial charge on any atom is 0.501 e. The second-order valence-corrected chi connectivity index (χ2v) is 26.2. The Labute approximate surface area is 577 Å². The molecule has 3 unspecified atom stereocenters.